The molecule has 14 heavy (non-hydrogen) atoms. The van der Waals surface area contributed by atoms with Crippen LogP contribution in [0.2, 0.25) is 0 Å². The molecule has 2 N–H and O–H groups in total. The Morgan fingerprint density at radius 2 is 2.43 bits per heavy atom. The molecule has 0 amide bonds. The van der Waals surface area contributed by atoms with Gasteiger partial charge in [-0.3, -0.25) is 0 Å². The highest BCUT2D eigenvalue weighted by Gasteiger charge is 2.24. The van der Waals surface area contributed by atoms with E-state index < -0.39 is 0 Å². The van der Waals surface area contributed by atoms with Crippen molar-refractivity contribution in [1.82, 2.24) is 9.55 Å². The number of nitrogens with zero attached hydrogens (tertiary/aromatic N) is 2. The first-order chi connectivity index (χ1) is 6.92. The van der Waals surface area contributed by atoms with E-state index in [1.165, 1.54) is 18.5 Å². The minimum absolute atomic E-state index is 0.752. The zero-order chi connectivity index (χ0) is 9.80. The highest BCUT2D eigenvalue weighted by atomic mass is 32.2. The Hall–Kier alpha value is -0.480. The Labute approximate surface area is 89.1 Å². The van der Waals surface area contributed by atoms with Crippen molar-refractivity contribution in [2.75, 3.05) is 12.3 Å². The molecule has 0 unspecified atom stereocenters. The number of hydrogen-bond donors (Lipinski definition) is 1. The third-order valence-corrected chi connectivity index (χ3v) is 3.51. The molecule has 0 spiro atoms. The monoisotopic (exact) mass is 211 g/mol. The molecule has 1 aromatic rings. The number of hydrogen-bond acceptors (Lipinski definition) is 3. The van der Waals surface area contributed by atoms with E-state index in [9.17, 15) is 0 Å². The Kier molecular flexibility index (Phi) is 3.48. The summed E-state index contributed by atoms with van der Waals surface area (Å²) in [7, 11) is 0. The number of nitrogens with two attached hydrogens (primary N) is 1. The molecule has 1 heterocycles. The summed E-state index contributed by atoms with van der Waals surface area (Å²) in [5, 5.41) is 0. The molecule has 0 atom stereocenters. The van der Waals surface area contributed by atoms with E-state index >= 15 is 0 Å². The molecule has 0 aromatic carbocycles. The van der Waals surface area contributed by atoms with E-state index in [1.54, 1.807) is 0 Å². The molecule has 2 rings (SSSR count). The molecular formula is C10H17N3S. The van der Waals surface area contributed by atoms with Crippen molar-refractivity contribution >= 4 is 11.8 Å². The van der Waals surface area contributed by atoms with Gasteiger partial charge in [0.05, 0.1) is 6.33 Å². The SMILES string of the molecule is NCCCSCc1cncn1C1CC1. The minimum atomic E-state index is 0.752. The maximum absolute atomic E-state index is 5.45. The lowest BCUT2D eigenvalue weighted by Gasteiger charge is -2.05. The highest BCUT2D eigenvalue weighted by molar-refractivity contribution is 7.98. The third kappa shape index (κ3) is 2.51. The van der Waals surface area contributed by atoms with Gasteiger partial charge in [0.2, 0.25) is 0 Å². The summed E-state index contributed by atoms with van der Waals surface area (Å²) in [5.74, 6) is 2.24. The van der Waals surface area contributed by atoms with E-state index in [0.717, 1.165) is 30.5 Å². The topological polar surface area (TPSA) is 43.8 Å². The van der Waals surface area contributed by atoms with Crippen molar-refractivity contribution < 1.29 is 0 Å². The minimum Gasteiger partial charge on any atom is -0.331 e. The summed E-state index contributed by atoms with van der Waals surface area (Å²) in [4.78, 5) is 4.21. The van der Waals surface area contributed by atoms with Crippen LogP contribution in [0.1, 0.15) is 31.0 Å². The third-order valence-electron chi connectivity index (χ3n) is 2.43. The molecule has 0 saturated heterocycles. The van der Waals surface area contributed by atoms with Gasteiger partial charge in [0, 0.05) is 23.7 Å². The average molecular weight is 211 g/mol. The summed E-state index contributed by atoms with van der Waals surface area (Å²) >= 11 is 1.95. The maximum atomic E-state index is 5.45. The largest absolute Gasteiger partial charge is 0.331 e. The number of aromatic nitrogens is 2. The van der Waals surface area contributed by atoms with Crippen molar-refractivity contribution in [3.8, 4) is 0 Å². The number of thioether (sulfide) groups is 1. The van der Waals surface area contributed by atoms with Gasteiger partial charge in [-0.05, 0) is 31.6 Å². The first-order valence-corrected chi connectivity index (χ1v) is 6.36. The Balaban J connectivity index is 1.80. The lowest BCUT2D eigenvalue weighted by molar-refractivity contribution is 0.714. The summed E-state index contributed by atoms with van der Waals surface area (Å²) in [6, 6.07) is 0.752. The van der Waals surface area contributed by atoms with Gasteiger partial charge in [-0.25, -0.2) is 4.98 Å². The van der Waals surface area contributed by atoms with Crippen LogP contribution in [-0.2, 0) is 5.75 Å². The van der Waals surface area contributed by atoms with Crippen molar-refractivity contribution in [2.45, 2.75) is 31.1 Å². The van der Waals surface area contributed by atoms with Crippen LogP contribution in [0.4, 0.5) is 0 Å². The average Bonchev–Trinajstić information content (AvgIpc) is 2.94. The fourth-order valence-corrected chi connectivity index (χ4v) is 2.44. The predicted octanol–water partition coefficient (Wildman–Crippen LogP) is 1.80. The highest BCUT2D eigenvalue weighted by Crippen LogP contribution is 2.36. The number of rotatable bonds is 6. The molecule has 4 heteroatoms. The molecule has 1 aliphatic carbocycles. The van der Waals surface area contributed by atoms with Crippen molar-refractivity contribution in [3.63, 3.8) is 0 Å². The van der Waals surface area contributed by atoms with Gasteiger partial charge in [-0.1, -0.05) is 0 Å². The van der Waals surface area contributed by atoms with Gasteiger partial charge in [0.15, 0.2) is 0 Å². The summed E-state index contributed by atoms with van der Waals surface area (Å²) < 4.78 is 2.33. The van der Waals surface area contributed by atoms with E-state index in [-0.39, 0.29) is 0 Å². The lowest BCUT2D eigenvalue weighted by atomic mass is 10.5. The molecule has 1 aliphatic rings. The summed E-state index contributed by atoms with van der Waals surface area (Å²) in [6.07, 6.45) is 7.74. The second kappa shape index (κ2) is 4.84. The molecule has 0 aliphatic heterocycles. The maximum Gasteiger partial charge on any atom is 0.0951 e. The van der Waals surface area contributed by atoms with Crippen LogP contribution in [0.15, 0.2) is 12.5 Å². The standard InChI is InChI=1S/C10H17N3S/c11-4-1-5-14-7-10-6-12-8-13(10)9-2-3-9/h6,8-9H,1-5,7,11H2. The predicted molar refractivity (Wildman–Crippen MR) is 60.3 cm³/mol. The van der Waals surface area contributed by atoms with Crippen LogP contribution in [0, 0.1) is 0 Å². The Morgan fingerprint density at radius 3 is 3.14 bits per heavy atom. The van der Waals surface area contributed by atoms with Crippen LogP contribution in [0.3, 0.4) is 0 Å². The molecule has 1 fully saturated rings. The van der Waals surface area contributed by atoms with Crippen molar-refractivity contribution in [3.05, 3.63) is 18.2 Å². The fraction of sp³-hybridized carbons (Fsp3) is 0.700. The molecular weight excluding hydrogens is 194 g/mol. The van der Waals surface area contributed by atoms with Crippen LogP contribution in [-0.4, -0.2) is 21.8 Å². The zero-order valence-corrected chi connectivity index (χ0v) is 9.17. The van der Waals surface area contributed by atoms with Crippen LogP contribution < -0.4 is 5.73 Å². The van der Waals surface area contributed by atoms with Gasteiger partial charge in [0.25, 0.3) is 0 Å². The van der Waals surface area contributed by atoms with Gasteiger partial charge in [-0.15, -0.1) is 0 Å². The van der Waals surface area contributed by atoms with E-state index in [4.69, 9.17) is 5.73 Å². The molecule has 0 radical (unpaired) electrons. The van der Waals surface area contributed by atoms with Gasteiger partial charge in [-0.2, -0.15) is 11.8 Å². The van der Waals surface area contributed by atoms with Crippen LogP contribution in [0.5, 0.6) is 0 Å². The zero-order valence-electron chi connectivity index (χ0n) is 8.35. The van der Waals surface area contributed by atoms with Crippen LogP contribution >= 0.6 is 11.8 Å². The van der Waals surface area contributed by atoms with Crippen molar-refractivity contribution in [1.29, 1.82) is 0 Å². The van der Waals surface area contributed by atoms with Gasteiger partial charge >= 0.3 is 0 Å². The smallest absolute Gasteiger partial charge is 0.0951 e. The first kappa shape index (κ1) is 10.1. The van der Waals surface area contributed by atoms with E-state index in [2.05, 4.69) is 9.55 Å². The Morgan fingerprint density at radius 1 is 1.57 bits per heavy atom. The molecule has 1 saturated carbocycles. The molecule has 0 bridgehead atoms. The summed E-state index contributed by atoms with van der Waals surface area (Å²) in [6.45, 7) is 0.800. The van der Waals surface area contributed by atoms with Gasteiger partial charge in [0.1, 0.15) is 0 Å². The fourth-order valence-electron chi connectivity index (χ4n) is 1.49. The van der Waals surface area contributed by atoms with Gasteiger partial charge < -0.3 is 10.3 Å². The second-order valence-corrected chi connectivity index (χ2v) is 4.82. The van der Waals surface area contributed by atoms with E-state index in [0.29, 0.717) is 0 Å². The number of imidazole rings is 1. The first-order valence-electron chi connectivity index (χ1n) is 5.20. The quantitative estimate of drug-likeness (QED) is 0.730. The molecule has 1 aromatic heterocycles. The van der Waals surface area contributed by atoms with Crippen molar-refractivity contribution in [2.24, 2.45) is 5.73 Å². The lowest BCUT2D eigenvalue weighted by Crippen LogP contribution is -2.01. The Bertz CT molecular complexity index is 281. The van der Waals surface area contributed by atoms with Crippen LogP contribution in [0.25, 0.3) is 0 Å². The summed E-state index contributed by atoms with van der Waals surface area (Å²) in [5.41, 5.74) is 6.82. The molecule has 3 nitrogen and oxygen atoms in total. The molecule has 78 valence electrons. The van der Waals surface area contributed by atoms with E-state index in [1.807, 2.05) is 24.3 Å². The normalized spacial score (nSPS) is 16.1. The second-order valence-electron chi connectivity index (χ2n) is 3.72.